The maximum atomic E-state index is 13.6. The van der Waals surface area contributed by atoms with Crippen LogP contribution in [0, 0.1) is 11.7 Å². The van der Waals surface area contributed by atoms with Crippen molar-refractivity contribution in [3.8, 4) is 0 Å². The predicted molar refractivity (Wildman–Crippen MR) is 110 cm³/mol. The maximum absolute atomic E-state index is 13.6. The summed E-state index contributed by atoms with van der Waals surface area (Å²) in [6.45, 7) is 5.30. The van der Waals surface area contributed by atoms with Crippen LogP contribution in [0.15, 0.2) is 29.2 Å². The van der Waals surface area contributed by atoms with Gasteiger partial charge in [0.15, 0.2) is 5.82 Å². The Bertz CT molecular complexity index is 1220. The molecule has 1 atom stereocenters. The average Bonchev–Trinajstić information content (AvgIpc) is 2.79. The summed E-state index contributed by atoms with van der Waals surface area (Å²) in [7, 11) is -2.07. The molecule has 6 nitrogen and oxygen atoms in total. The minimum absolute atomic E-state index is 0.0853. The van der Waals surface area contributed by atoms with Gasteiger partial charge in [0.1, 0.15) is 5.82 Å². The Morgan fingerprint density at radius 2 is 1.90 bits per heavy atom. The fourth-order valence-corrected chi connectivity index (χ4v) is 4.63. The highest BCUT2D eigenvalue weighted by Gasteiger charge is 2.21. The second-order valence-corrected chi connectivity index (χ2v) is 9.16. The lowest BCUT2D eigenvalue weighted by Gasteiger charge is -2.11. The van der Waals surface area contributed by atoms with E-state index in [1.807, 2.05) is 13.0 Å². The molecule has 0 saturated heterocycles. The van der Waals surface area contributed by atoms with E-state index in [-0.39, 0.29) is 28.4 Å². The Kier molecular flexibility index (Phi) is 6.09. The second kappa shape index (κ2) is 8.27. The van der Waals surface area contributed by atoms with Gasteiger partial charge in [0.25, 0.3) is 6.43 Å². The summed E-state index contributed by atoms with van der Waals surface area (Å²) in [6, 6.07) is 2.99. The van der Waals surface area contributed by atoms with E-state index in [4.69, 9.17) is 0 Å². The normalized spacial score (nSPS) is 16.6. The molecule has 2 N–H and O–H groups in total. The third-order valence-electron chi connectivity index (χ3n) is 4.46. The Morgan fingerprint density at radius 3 is 2.53 bits per heavy atom. The number of alkyl halides is 2. The first-order valence-electron chi connectivity index (χ1n) is 9.33. The second-order valence-electron chi connectivity index (χ2n) is 7.45. The zero-order chi connectivity index (χ0) is 22.2. The van der Waals surface area contributed by atoms with Crippen LogP contribution >= 0.6 is 0 Å². The van der Waals surface area contributed by atoms with Crippen molar-refractivity contribution >= 4 is 33.7 Å². The molecule has 10 heteroatoms. The number of aromatic nitrogens is 2. The highest BCUT2D eigenvalue weighted by Crippen LogP contribution is 2.26. The molecule has 1 heterocycles. The van der Waals surface area contributed by atoms with Gasteiger partial charge in [-0.05, 0) is 44.0 Å². The number of nitrogens with one attached hydrogen (secondary N) is 2. The molecule has 1 aromatic heterocycles. The number of rotatable bonds is 6. The lowest BCUT2D eigenvalue weighted by Crippen LogP contribution is -2.32. The van der Waals surface area contributed by atoms with E-state index in [2.05, 4.69) is 15.1 Å². The molecule has 1 aromatic carbocycles. The van der Waals surface area contributed by atoms with Crippen LogP contribution in [-0.4, -0.2) is 24.2 Å². The molecule has 1 aliphatic carbocycles. The third-order valence-corrected chi connectivity index (χ3v) is 6.12. The van der Waals surface area contributed by atoms with E-state index in [0.29, 0.717) is 10.6 Å². The van der Waals surface area contributed by atoms with Crippen LogP contribution in [0.3, 0.4) is 0 Å². The van der Waals surface area contributed by atoms with Crippen molar-refractivity contribution in [1.29, 1.82) is 0 Å². The summed E-state index contributed by atoms with van der Waals surface area (Å²) in [5.74, 6) is -0.920. The minimum atomic E-state index is -3.76. The van der Waals surface area contributed by atoms with Gasteiger partial charge in [-0.1, -0.05) is 19.1 Å². The fraction of sp³-hybridized carbons (Fsp3) is 0.350. The van der Waals surface area contributed by atoms with E-state index in [9.17, 15) is 21.6 Å². The molecule has 1 aliphatic rings. The zero-order valence-electron chi connectivity index (χ0n) is 16.9. The summed E-state index contributed by atoms with van der Waals surface area (Å²) in [5.41, 5.74) is -0.512. The van der Waals surface area contributed by atoms with Gasteiger partial charge < -0.3 is 5.32 Å². The number of nitrogens with zero attached hydrogens (tertiary/aromatic N) is 2. The molecule has 0 spiro atoms. The van der Waals surface area contributed by atoms with Crippen molar-refractivity contribution in [2.45, 2.75) is 33.2 Å². The van der Waals surface area contributed by atoms with Crippen molar-refractivity contribution in [3.63, 3.8) is 0 Å². The molecule has 2 aromatic rings. The third kappa shape index (κ3) is 4.59. The molecule has 0 fully saturated rings. The lowest BCUT2D eigenvalue weighted by atomic mass is 10.1. The number of aryl methyl sites for hydroxylation is 1. The van der Waals surface area contributed by atoms with Gasteiger partial charge in [0.2, 0.25) is 10.0 Å². The van der Waals surface area contributed by atoms with E-state index in [0.717, 1.165) is 12.1 Å². The molecule has 3 rings (SSSR count). The van der Waals surface area contributed by atoms with Crippen molar-refractivity contribution in [2.24, 2.45) is 13.0 Å². The van der Waals surface area contributed by atoms with Crippen LogP contribution in [-0.2, 0) is 17.1 Å². The number of hydrogen-bond acceptors (Lipinski definition) is 4. The largest absolute Gasteiger partial charge is 0.338 e. The molecule has 0 amide bonds. The molecule has 0 aliphatic heterocycles. The number of benzene rings is 1. The van der Waals surface area contributed by atoms with Gasteiger partial charge in [-0.25, -0.2) is 26.3 Å². The van der Waals surface area contributed by atoms with Gasteiger partial charge in [0.05, 0.1) is 15.8 Å². The van der Waals surface area contributed by atoms with Crippen LogP contribution in [0.1, 0.15) is 32.8 Å². The number of sulfonamides is 1. The smallest absolute Gasteiger partial charge is 0.266 e. The standard InChI is InChI=1S/C20H23F3N4O2S/c1-11(2)26-30(28,29)14-7-12(3)8-18-16(10-14)20(25-27(18)4)24-13-5-6-17(21)15(9-13)19(22)23/h5-12,19,26H,1-4H3,(H,24,25). The van der Waals surface area contributed by atoms with Crippen LogP contribution in [0.25, 0.3) is 12.2 Å². The summed E-state index contributed by atoms with van der Waals surface area (Å²) < 4.78 is 69.3. The van der Waals surface area contributed by atoms with E-state index in [1.54, 1.807) is 31.7 Å². The van der Waals surface area contributed by atoms with Crippen molar-refractivity contribution in [2.75, 3.05) is 5.32 Å². The van der Waals surface area contributed by atoms with Crippen molar-refractivity contribution in [1.82, 2.24) is 14.5 Å². The quantitative estimate of drug-likeness (QED) is 0.724. The number of hydrogen-bond donors (Lipinski definition) is 2. The van der Waals surface area contributed by atoms with Crippen LogP contribution in [0.5, 0.6) is 0 Å². The summed E-state index contributed by atoms with van der Waals surface area (Å²) >= 11 is 0. The van der Waals surface area contributed by atoms with Gasteiger partial charge in [-0.2, -0.15) is 5.10 Å². The van der Waals surface area contributed by atoms with Gasteiger partial charge in [-0.15, -0.1) is 0 Å². The van der Waals surface area contributed by atoms with E-state index in [1.165, 1.54) is 12.1 Å². The molecule has 1 unspecified atom stereocenters. The molecule has 0 saturated carbocycles. The summed E-state index contributed by atoms with van der Waals surface area (Å²) in [5, 5.41) is 8.43. The van der Waals surface area contributed by atoms with Crippen molar-refractivity contribution in [3.05, 3.63) is 51.1 Å². The average molecular weight is 440 g/mol. The Morgan fingerprint density at radius 1 is 1.20 bits per heavy atom. The molecule has 0 radical (unpaired) electrons. The number of halogens is 3. The molecular formula is C20H23F3N4O2S. The van der Waals surface area contributed by atoms with E-state index < -0.39 is 27.8 Å². The Balaban J connectivity index is 2.12. The van der Waals surface area contributed by atoms with Gasteiger partial charge in [0, 0.05) is 24.0 Å². The molecule has 0 bridgehead atoms. The molecule has 30 heavy (non-hydrogen) atoms. The lowest BCUT2D eigenvalue weighted by molar-refractivity contribution is 0.146. The van der Waals surface area contributed by atoms with Crippen LogP contribution in [0.2, 0.25) is 0 Å². The SMILES string of the molecule is CC1C=C(S(=O)(=O)NC(C)C)C=c2c(Nc3ccc(F)c(C(F)F)c3)nn(C)c2=C1. The zero-order valence-corrected chi connectivity index (χ0v) is 17.8. The van der Waals surface area contributed by atoms with E-state index >= 15 is 0 Å². The summed E-state index contributed by atoms with van der Waals surface area (Å²) in [6.07, 6.45) is 2.01. The number of anilines is 2. The fourth-order valence-electron chi connectivity index (χ4n) is 3.20. The van der Waals surface area contributed by atoms with Crippen LogP contribution < -0.4 is 20.6 Å². The first kappa shape index (κ1) is 22.1. The van der Waals surface area contributed by atoms with Gasteiger partial charge in [-0.3, -0.25) is 4.68 Å². The Hall–Kier alpha value is -2.59. The number of allylic oxidation sites excluding steroid dienone is 2. The van der Waals surface area contributed by atoms with Crippen molar-refractivity contribution < 1.29 is 21.6 Å². The highest BCUT2D eigenvalue weighted by molar-refractivity contribution is 7.93. The molecular weight excluding hydrogens is 417 g/mol. The first-order chi connectivity index (χ1) is 14.0. The van der Waals surface area contributed by atoms with Gasteiger partial charge >= 0.3 is 0 Å². The van der Waals surface area contributed by atoms with Crippen LogP contribution in [0.4, 0.5) is 24.7 Å². The Labute approximate surface area is 172 Å². The maximum Gasteiger partial charge on any atom is 0.266 e. The first-order valence-corrected chi connectivity index (χ1v) is 10.8. The summed E-state index contributed by atoms with van der Waals surface area (Å²) in [4.78, 5) is 0.0853. The predicted octanol–water partition coefficient (Wildman–Crippen LogP) is 2.66. The highest BCUT2D eigenvalue weighted by atomic mass is 32.2. The minimum Gasteiger partial charge on any atom is -0.338 e. The monoisotopic (exact) mass is 440 g/mol. The number of fused-ring (bicyclic) bond motifs is 1. The topological polar surface area (TPSA) is 76.0 Å². The molecule has 162 valence electrons.